The summed E-state index contributed by atoms with van der Waals surface area (Å²) in [5.41, 5.74) is 0. The molecule has 2 aliphatic heterocycles. The van der Waals surface area contributed by atoms with Gasteiger partial charge in [0.25, 0.3) is 0 Å². The van der Waals surface area contributed by atoms with Crippen LogP contribution in [0.25, 0.3) is 0 Å². The number of aliphatic hydroxyl groups excluding tert-OH is 5. The molecule has 11 nitrogen and oxygen atoms in total. The lowest BCUT2D eigenvalue weighted by atomic mass is 9.98. The van der Waals surface area contributed by atoms with Gasteiger partial charge in [0.2, 0.25) is 0 Å². The van der Waals surface area contributed by atoms with Crippen LogP contribution in [-0.2, 0) is 23.7 Å². The van der Waals surface area contributed by atoms with Gasteiger partial charge in [-0.05, 0) is 0 Å². The molecule has 11 heteroatoms. The van der Waals surface area contributed by atoms with Crippen molar-refractivity contribution >= 4 is 5.97 Å². The van der Waals surface area contributed by atoms with E-state index in [-0.39, 0.29) is 6.61 Å². The number of hydrogen-bond donors (Lipinski definition) is 6. The molecule has 0 saturated carbocycles. The minimum Gasteiger partial charge on any atom is -0.479 e. The van der Waals surface area contributed by atoms with Gasteiger partial charge in [0.05, 0.1) is 6.61 Å². The lowest BCUT2D eigenvalue weighted by molar-refractivity contribution is -0.348. The fourth-order valence-electron chi connectivity index (χ4n) is 2.49. The van der Waals surface area contributed by atoms with Crippen molar-refractivity contribution in [2.45, 2.75) is 55.3 Å². The van der Waals surface area contributed by atoms with Crippen LogP contribution < -0.4 is 0 Å². The van der Waals surface area contributed by atoms with Crippen LogP contribution in [0.1, 0.15) is 0 Å². The molecule has 0 aromatic rings. The summed E-state index contributed by atoms with van der Waals surface area (Å²) in [5, 5.41) is 58.0. The monoisotopic (exact) mass is 340 g/mol. The molecule has 0 aromatic heterocycles. The minimum atomic E-state index is -1.71. The van der Waals surface area contributed by atoms with Crippen molar-refractivity contribution < 1.29 is 54.4 Å². The summed E-state index contributed by atoms with van der Waals surface area (Å²) in [7, 11) is 1.14. The van der Waals surface area contributed by atoms with Gasteiger partial charge in [0, 0.05) is 7.11 Å². The van der Waals surface area contributed by atoms with Crippen LogP contribution in [0, 0.1) is 0 Å². The summed E-state index contributed by atoms with van der Waals surface area (Å²) in [6, 6.07) is 0. The molecular weight excluding hydrogens is 320 g/mol. The van der Waals surface area contributed by atoms with Crippen LogP contribution in [0.2, 0.25) is 0 Å². The molecule has 0 aromatic carbocycles. The number of carboxylic acids is 1. The van der Waals surface area contributed by atoms with Crippen LogP contribution in [-0.4, -0.2) is 106 Å². The second-order valence-corrected chi connectivity index (χ2v) is 5.33. The summed E-state index contributed by atoms with van der Waals surface area (Å²) >= 11 is 0. The van der Waals surface area contributed by atoms with Crippen molar-refractivity contribution in [3.05, 3.63) is 0 Å². The average molecular weight is 340 g/mol. The number of methoxy groups -OCH3 is 1. The molecular formula is C12H20O11. The Morgan fingerprint density at radius 1 is 1.04 bits per heavy atom. The van der Waals surface area contributed by atoms with E-state index < -0.39 is 61.3 Å². The molecule has 0 aliphatic carbocycles. The van der Waals surface area contributed by atoms with Gasteiger partial charge in [0.15, 0.2) is 18.7 Å². The van der Waals surface area contributed by atoms with Crippen LogP contribution in [0.15, 0.2) is 0 Å². The van der Waals surface area contributed by atoms with Crippen molar-refractivity contribution in [2.75, 3.05) is 13.7 Å². The van der Waals surface area contributed by atoms with Crippen LogP contribution in [0.3, 0.4) is 0 Å². The Morgan fingerprint density at radius 3 is 2.26 bits per heavy atom. The Labute approximate surface area is 130 Å². The zero-order chi connectivity index (χ0) is 17.3. The molecule has 23 heavy (non-hydrogen) atoms. The first-order chi connectivity index (χ1) is 10.8. The number of ether oxygens (including phenoxy) is 4. The Hall–Kier alpha value is -0.890. The van der Waals surface area contributed by atoms with Crippen molar-refractivity contribution in [1.29, 1.82) is 0 Å². The lowest BCUT2D eigenvalue weighted by Gasteiger charge is -2.43. The first-order valence-corrected chi connectivity index (χ1v) is 6.86. The van der Waals surface area contributed by atoms with Crippen LogP contribution in [0.4, 0.5) is 0 Å². The molecule has 2 saturated heterocycles. The predicted octanol–water partition coefficient (Wildman–Crippen LogP) is -4.01. The zero-order valence-corrected chi connectivity index (χ0v) is 12.1. The molecule has 2 heterocycles. The highest BCUT2D eigenvalue weighted by Gasteiger charge is 2.51. The Balaban J connectivity index is 2.13. The van der Waals surface area contributed by atoms with E-state index in [9.17, 15) is 30.3 Å². The Morgan fingerprint density at radius 2 is 1.70 bits per heavy atom. The molecule has 0 bridgehead atoms. The van der Waals surface area contributed by atoms with E-state index >= 15 is 0 Å². The molecule has 0 amide bonds. The second kappa shape index (κ2) is 7.34. The van der Waals surface area contributed by atoms with Gasteiger partial charge >= 0.3 is 5.97 Å². The number of aliphatic hydroxyl groups is 5. The van der Waals surface area contributed by atoms with Crippen LogP contribution >= 0.6 is 0 Å². The number of aliphatic carboxylic acids is 1. The maximum Gasteiger partial charge on any atom is 0.335 e. The van der Waals surface area contributed by atoms with Crippen molar-refractivity contribution in [3.8, 4) is 0 Å². The predicted molar refractivity (Wildman–Crippen MR) is 68.0 cm³/mol. The van der Waals surface area contributed by atoms with Crippen molar-refractivity contribution in [2.24, 2.45) is 0 Å². The summed E-state index contributed by atoms with van der Waals surface area (Å²) in [6.45, 7) is -0.331. The molecule has 134 valence electrons. The van der Waals surface area contributed by atoms with E-state index in [1.807, 2.05) is 0 Å². The Bertz CT molecular complexity index is 418. The molecule has 9 atom stereocenters. The van der Waals surface area contributed by atoms with Crippen LogP contribution in [0.5, 0.6) is 0 Å². The topological polar surface area (TPSA) is 175 Å². The van der Waals surface area contributed by atoms with E-state index in [1.54, 1.807) is 0 Å². The maximum atomic E-state index is 11.2. The van der Waals surface area contributed by atoms with Crippen molar-refractivity contribution in [3.63, 3.8) is 0 Å². The maximum absolute atomic E-state index is 11.2. The molecule has 0 radical (unpaired) electrons. The largest absolute Gasteiger partial charge is 0.479 e. The van der Waals surface area contributed by atoms with Crippen molar-refractivity contribution in [1.82, 2.24) is 0 Å². The highest BCUT2D eigenvalue weighted by Crippen LogP contribution is 2.27. The SMILES string of the molecule is CO[C@H]1[C@H](O)[C@@H](O)[C@@H](O[C@@H]2[C@@H](O)[C@H](O)CO[C@@H]2O)O[C@@H]1C(=O)O. The van der Waals surface area contributed by atoms with Gasteiger partial charge in [-0.1, -0.05) is 0 Å². The van der Waals surface area contributed by atoms with Gasteiger partial charge in [-0.3, -0.25) is 0 Å². The smallest absolute Gasteiger partial charge is 0.335 e. The van der Waals surface area contributed by atoms with Gasteiger partial charge in [-0.25, -0.2) is 4.79 Å². The molecule has 2 aliphatic rings. The first kappa shape index (κ1) is 18.4. The molecule has 0 spiro atoms. The fraction of sp³-hybridized carbons (Fsp3) is 0.917. The number of hydrogen-bond acceptors (Lipinski definition) is 10. The third-order valence-electron chi connectivity index (χ3n) is 3.80. The van der Waals surface area contributed by atoms with E-state index in [0.717, 1.165) is 7.11 Å². The highest BCUT2D eigenvalue weighted by molar-refractivity contribution is 5.73. The van der Waals surface area contributed by atoms with Gasteiger partial charge in [0.1, 0.15) is 36.6 Å². The zero-order valence-electron chi connectivity index (χ0n) is 12.1. The van der Waals surface area contributed by atoms with E-state index in [2.05, 4.69) is 0 Å². The molecule has 2 rings (SSSR count). The van der Waals surface area contributed by atoms with Gasteiger partial charge < -0.3 is 49.6 Å². The number of carbonyl (C=O) groups is 1. The number of rotatable bonds is 4. The van der Waals surface area contributed by atoms with E-state index in [4.69, 9.17) is 24.1 Å². The molecule has 0 unspecified atom stereocenters. The van der Waals surface area contributed by atoms with E-state index in [0.29, 0.717) is 0 Å². The van der Waals surface area contributed by atoms with Gasteiger partial charge in [-0.2, -0.15) is 0 Å². The minimum absolute atomic E-state index is 0.331. The highest BCUT2D eigenvalue weighted by atomic mass is 16.7. The molecule has 2 fully saturated rings. The summed E-state index contributed by atoms with van der Waals surface area (Å²) in [4.78, 5) is 11.2. The third kappa shape index (κ3) is 3.63. The fourth-order valence-corrected chi connectivity index (χ4v) is 2.49. The lowest BCUT2D eigenvalue weighted by Crippen LogP contribution is -2.63. The number of carboxylic acid groups (broad SMARTS) is 1. The quantitative estimate of drug-likeness (QED) is 0.294. The van der Waals surface area contributed by atoms with Gasteiger partial charge in [-0.15, -0.1) is 0 Å². The second-order valence-electron chi connectivity index (χ2n) is 5.33. The average Bonchev–Trinajstić information content (AvgIpc) is 2.51. The van der Waals surface area contributed by atoms with E-state index in [1.165, 1.54) is 0 Å². The summed E-state index contributed by atoms with van der Waals surface area (Å²) in [5.74, 6) is -1.46. The summed E-state index contributed by atoms with van der Waals surface area (Å²) < 4.78 is 19.8. The Kier molecular flexibility index (Phi) is 5.89. The summed E-state index contributed by atoms with van der Waals surface area (Å²) in [6.07, 6.45) is -14.1. The standard InChI is InChI=1S/C12H20O11/c1-20-7-5(15)6(16)12(23-9(7)10(17)18)22-8-4(14)3(13)2-21-11(8)19/h3-9,11-16,19H,2H2,1H3,(H,17,18)/t3-,4+,5-,6-,7+,8-,9+,11+,12+/m1/s1. The normalized spacial score (nSPS) is 48.2. The molecule has 6 N–H and O–H groups in total. The first-order valence-electron chi connectivity index (χ1n) is 6.86. The third-order valence-corrected chi connectivity index (χ3v) is 3.80.